The quantitative estimate of drug-likeness (QED) is 0.403. The van der Waals surface area contributed by atoms with Gasteiger partial charge in [-0.2, -0.15) is 0 Å². The van der Waals surface area contributed by atoms with Crippen LogP contribution in [-0.2, 0) is 14.3 Å². The molecule has 1 unspecified atom stereocenters. The van der Waals surface area contributed by atoms with Gasteiger partial charge in [-0.05, 0) is 69.3 Å². The Morgan fingerprint density at radius 3 is 2.16 bits per heavy atom. The summed E-state index contributed by atoms with van der Waals surface area (Å²) in [6.45, 7) is 5.36. The van der Waals surface area contributed by atoms with Crippen LogP contribution in [0.3, 0.4) is 0 Å². The molecule has 168 valence electrons. The summed E-state index contributed by atoms with van der Waals surface area (Å²) in [5.41, 5.74) is 0.676. The van der Waals surface area contributed by atoms with Gasteiger partial charge >= 0.3 is 5.97 Å². The minimum absolute atomic E-state index is 0.0768. The zero-order valence-electron chi connectivity index (χ0n) is 18.5. The number of rotatable bonds is 7. The first kappa shape index (κ1) is 23.1. The number of hydrogen-bond donors (Lipinski definition) is 1. The SMILES string of the molecule is COc1ccc(C(=O)COC(=O)c2ccc(N3C(=O)CC(NC(C)(C)C)C3=O)cc2)cc1. The third kappa shape index (κ3) is 5.39. The first-order chi connectivity index (χ1) is 15.1. The Bertz CT molecular complexity index is 1020. The largest absolute Gasteiger partial charge is 0.497 e. The number of imide groups is 1. The van der Waals surface area contributed by atoms with Gasteiger partial charge in [0, 0.05) is 11.1 Å². The maximum Gasteiger partial charge on any atom is 0.338 e. The Kier molecular flexibility index (Phi) is 6.74. The molecule has 0 radical (unpaired) electrons. The highest BCUT2D eigenvalue weighted by molar-refractivity contribution is 6.22. The molecule has 1 atom stereocenters. The van der Waals surface area contributed by atoms with Crippen molar-refractivity contribution in [2.75, 3.05) is 18.6 Å². The van der Waals surface area contributed by atoms with Crippen molar-refractivity contribution < 1.29 is 28.7 Å². The van der Waals surface area contributed by atoms with Crippen molar-refractivity contribution in [3.8, 4) is 5.75 Å². The lowest BCUT2D eigenvalue weighted by atomic mass is 10.1. The number of Topliss-reactive ketones (excluding diaryl/α,β-unsaturated/α-hetero) is 1. The van der Waals surface area contributed by atoms with Gasteiger partial charge in [0.2, 0.25) is 5.91 Å². The van der Waals surface area contributed by atoms with Crippen molar-refractivity contribution in [2.45, 2.75) is 38.8 Å². The fourth-order valence-electron chi connectivity index (χ4n) is 3.36. The van der Waals surface area contributed by atoms with Gasteiger partial charge in [-0.3, -0.25) is 14.4 Å². The zero-order valence-corrected chi connectivity index (χ0v) is 18.5. The summed E-state index contributed by atoms with van der Waals surface area (Å²) in [7, 11) is 1.53. The third-order valence-electron chi connectivity index (χ3n) is 4.86. The molecule has 3 rings (SSSR count). The van der Waals surface area contributed by atoms with Crippen LogP contribution in [0.1, 0.15) is 47.9 Å². The van der Waals surface area contributed by atoms with E-state index in [4.69, 9.17) is 9.47 Å². The highest BCUT2D eigenvalue weighted by Gasteiger charge is 2.40. The summed E-state index contributed by atoms with van der Waals surface area (Å²) < 4.78 is 10.1. The molecule has 0 saturated carbocycles. The second-order valence-electron chi connectivity index (χ2n) is 8.49. The minimum atomic E-state index is -0.676. The van der Waals surface area contributed by atoms with E-state index in [0.717, 1.165) is 4.90 Å². The molecule has 2 amide bonds. The van der Waals surface area contributed by atoms with E-state index in [0.29, 0.717) is 17.0 Å². The van der Waals surface area contributed by atoms with Crippen molar-refractivity contribution in [1.29, 1.82) is 0 Å². The molecule has 0 aromatic heterocycles. The number of anilines is 1. The van der Waals surface area contributed by atoms with E-state index in [2.05, 4.69) is 5.32 Å². The second kappa shape index (κ2) is 9.32. The monoisotopic (exact) mass is 438 g/mol. The van der Waals surface area contributed by atoms with E-state index in [1.165, 1.54) is 31.4 Å². The van der Waals surface area contributed by atoms with Gasteiger partial charge in [-0.1, -0.05) is 0 Å². The number of carbonyl (C=O) groups is 4. The van der Waals surface area contributed by atoms with Crippen molar-refractivity contribution >= 4 is 29.3 Å². The minimum Gasteiger partial charge on any atom is -0.497 e. The molecule has 0 spiro atoms. The smallest absolute Gasteiger partial charge is 0.338 e. The topological polar surface area (TPSA) is 102 Å². The maximum atomic E-state index is 12.7. The molecule has 0 aliphatic carbocycles. The van der Waals surface area contributed by atoms with E-state index in [9.17, 15) is 19.2 Å². The van der Waals surface area contributed by atoms with Gasteiger partial charge < -0.3 is 14.8 Å². The highest BCUT2D eigenvalue weighted by Crippen LogP contribution is 2.24. The normalized spacial score (nSPS) is 16.2. The van der Waals surface area contributed by atoms with E-state index in [-0.39, 0.29) is 35.1 Å². The Morgan fingerprint density at radius 2 is 1.59 bits per heavy atom. The lowest BCUT2D eigenvalue weighted by Crippen LogP contribution is -2.47. The van der Waals surface area contributed by atoms with Crippen molar-refractivity contribution in [3.63, 3.8) is 0 Å². The number of carbonyl (C=O) groups excluding carboxylic acids is 4. The van der Waals surface area contributed by atoms with Gasteiger partial charge in [0.15, 0.2) is 12.4 Å². The predicted molar refractivity (Wildman–Crippen MR) is 118 cm³/mol. The molecule has 1 heterocycles. The van der Waals surface area contributed by atoms with E-state index >= 15 is 0 Å². The van der Waals surface area contributed by atoms with Gasteiger partial charge in [0.1, 0.15) is 5.75 Å². The molecule has 2 aromatic rings. The number of nitrogens with zero attached hydrogens (tertiary/aromatic N) is 1. The number of esters is 1. The summed E-state index contributed by atoms with van der Waals surface area (Å²) in [6, 6.07) is 11.8. The molecule has 8 nitrogen and oxygen atoms in total. The third-order valence-corrected chi connectivity index (χ3v) is 4.86. The van der Waals surface area contributed by atoms with E-state index in [1.54, 1.807) is 24.3 Å². The van der Waals surface area contributed by atoms with Crippen molar-refractivity contribution in [3.05, 3.63) is 59.7 Å². The standard InChI is InChI=1S/C24H26N2O6/c1-24(2,3)25-19-13-21(28)26(22(19)29)17-9-5-16(6-10-17)23(30)32-14-20(27)15-7-11-18(31-4)12-8-15/h5-12,19,25H,13-14H2,1-4H3. The average Bonchev–Trinajstić information content (AvgIpc) is 3.03. The lowest BCUT2D eigenvalue weighted by Gasteiger charge is -2.24. The fraction of sp³-hybridized carbons (Fsp3) is 0.333. The van der Waals surface area contributed by atoms with Gasteiger partial charge in [0.05, 0.1) is 30.8 Å². The predicted octanol–water partition coefficient (Wildman–Crippen LogP) is 2.75. The summed E-state index contributed by atoms with van der Waals surface area (Å²) in [5, 5.41) is 3.15. The summed E-state index contributed by atoms with van der Waals surface area (Å²) in [6.07, 6.45) is 0.0768. The molecular formula is C24H26N2O6. The molecule has 0 bridgehead atoms. The number of nitrogens with one attached hydrogen (secondary N) is 1. The zero-order chi connectivity index (χ0) is 23.5. The summed E-state index contributed by atoms with van der Waals surface area (Å²) in [5.74, 6) is -1.04. The molecule has 1 N–H and O–H groups in total. The number of amides is 2. The highest BCUT2D eigenvalue weighted by atomic mass is 16.5. The van der Waals surface area contributed by atoms with Crippen LogP contribution in [0.5, 0.6) is 5.75 Å². The number of methoxy groups -OCH3 is 1. The van der Waals surface area contributed by atoms with Crippen LogP contribution in [0.2, 0.25) is 0 Å². The van der Waals surface area contributed by atoms with Gasteiger partial charge in [0.25, 0.3) is 5.91 Å². The van der Waals surface area contributed by atoms with Crippen LogP contribution in [0, 0.1) is 0 Å². The van der Waals surface area contributed by atoms with Crippen LogP contribution >= 0.6 is 0 Å². The van der Waals surface area contributed by atoms with Gasteiger partial charge in [-0.15, -0.1) is 0 Å². The first-order valence-electron chi connectivity index (χ1n) is 10.2. The Labute approximate surface area is 186 Å². The lowest BCUT2D eigenvalue weighted by molar-refractivity contribution is -0.121. The molecule has 1 aliphatic heterocycles. The van der Waals surface area contributed by atoms with Gasteiger partial charge in [-0.25, -0.2) is 9.69 Å². The van der Waals surface area contributed by atoms with E-state index < -0.39 is 18.6 Å². The van der Waals surface area contributed by atoms with E-state index in [1.807, 2.05) is 20.8 Å². The number of ketones is 1. The molecule has 8 heteroatoms. The number of benzene rings is 2. The van der Waals surface area contributed by atoms with Crippen LogP contribution in [0.4, 0.5) is 5.69 Å². The second-order valence-corrected chi connectivity index (χ2v) is 8.49. The molecule has 1 aliphatic rings. The van der Waals surface area contributed by atoms with Crippen molar-refractivity contribution in [2.24, 2.45) is 0 Å². The summed E-state index contributed by atoms with van der Waals surface area (Å²) in [4.78, 5) is 50.7. The molecule has 1 saturated heterocycles. The molecule has 2 aromatic carbocycles. The Hall–Kier alpha value is -3.52. The Morgan fingerprint density at radius 1 is 1.00 bits per heavy atom. The number of hydrogen-bond acceptors (Lipinski definition) is 7. The van der Waals surface area contributed by atoms with Crippen LogP contribution in [0.15, 0.2) is 48.5 Å². The van der Waals surface area contributed by atoms with Crippen LogP contribution < -0.4 is 15.0 Å². The number of ether oxygens (including phenoxy) is 2. The van der Waals surface area contributed by atoms with Crippen molar-refractivity contribution in [1.82, 2.24) is 5.32 Å². The molecule has 32 heavy (non-hydrogen) atoms. The molecule has 1 fully saturated rings. The Balaban J connectivity index is 1.61. The van der Waals surface area contributed by atoms with Crippen LogP contribution in [0.25, 0.3) is 0 Å². The first-order valence-corrected chi connectivity index (χ1v) is 10.2. The summed E-state index contributed by atoms with van der Waals surface area (Å²) >= 11 is 0. The molecular weight excluding hydrogens is 412 g/mol. The maximum absolute atomic E-state index is 12.7. The fourth-order valence-corrected chi connectivity index (χ4v) is 3.36. The van der Waals surface area contributed by atoms with Crippen LogP contribution in [-0.4, -0.2) is 48.9 Å². The average molecular weight is 438 g/mol.